The Kier molecular flexibility index (Phi) is 6.12. The van der Waals surface area contributed by atoms with Crippen molar-refractivity contribution in [1.82, 2.24) is 0 Å². The maximum Gasteiger partial charge on any atom is 0.0100 e. The Morgan fingerprint density at radius 1 is 1.06 bits per heavy atom. The molecule has 0 fully saturated rings. The molecule has 0 aromatic heterocycles. The molecule has 0 aliphatic heterocycles. The molecule has 90 valence electrons. The lowest BCUT2D eigenvalue weighted by atomic mass is 9.87. The molecule has 0 spiro atoms. The minimum Gasteiger partial charge on any atom is -0.0921 e. The van der Waals surface area contributed by atoms with E-state index in [1.54, 1.807) is 0 Å². The van der Waals surface area contributed by atoms with Gasteiger partial charge >= 0.3 is 0 Å². The van der Waals surface area contributed by atoms with E-state index >= 15 is 0 Å². The summed E-state index contributed by atoms with van der Waals surface area (Å²) in [5.74, 6) is 1.54. The van der Waals surface area contributed by atoms with Crippen molar-refractivity contribution in [1.29, 1.82) is 0 Å². The molecule has 1 rings (SSSR count). The Labute approximate surface area is 109 Å². The molecule has 1 aromatic carbocycles. The summed E-state index contributed by atoms with van der Waals surface area (Å²) in [7, 11) is 0. The fraction of sp³-hybridized carbons (Fsp3) is 0.600. The van der Waals surface area contributed by atoms with Crippen molar-refractivity contribution in [2.75, 3.05) is 5.33 Å². The van der Waals surface area contributed by atoms with E-state index in [2.05, 4.69) is 61.0 Å². The number of rotatable bonds is 6. The van der Waals surface area contributed by atoms with E-state index < -0.39 is 0 Å². The fourth-order valence-electron chi connectivity index (χ4n) is 2.15. The average Bonchev–Trinajstić information content (AvgIpc) is 2.32. The van der Waals surface area contributed by atoms with Crippen molar-refractivity contribution < 1.29 is 0 Å². The Balaban J connectivity index is 2.70. The van der Waals surface area contributed by atoms with Gasteiger partial charge in [0.25, 0.3) is 0 Å². The SMILES string of the molecule is CCC(CC)CC(CBr)c1ccc(C)cc1. The normalized spacial score (nSPS) is 13.1. The zero-order chi connectivity index (χ0) is 12.0. The van der Waals surface area contributed by atoms with Gasteiger partial charge in [-0.15, -0.1) is 0 Å². The Bertz CT molecular complexity index is 285. The summed E-state index contributed by atoms with van der Waals surface area (Å²) in [6.45, 7) is 6.75. The standard InChI is InChI=1S/C15H23Br/c1-4-13(5-2)10-15(11-16)14-8-6-12(3)7-9-14/h6-9,13,15H,4-5,10-11H2,1-3H3. The molecule has 0 saturated heterocycles. The van der Waals surface area contributed by atoms with E-state index in [1.807, 2.05) is 0 Å². The summed E-state index contributed by atoms with van der Waals surface area (Å²) in [6.07, 6.45) is 3.90. The van der Waals surface area contributed by atoms with Gasteiger partial charge in [0.05, 0.1) is 0 Å². The highest BCUT2D eigenvalue weighted by atomic mass is 79.9. The maximum atomic E-state index is 3.66. The van der Waals surface area contributed by atoms with Crippen molar-refractivity contribution in [3.8, 4) is 0 Å². The molecule has 1 unspecified atom stereocenters. The number of aryl methyl sites for hydroxylation is 1. The lowest BCUT2D eigenvalue weighted by Gasteiger charge is -2.20. The smallest absolute Gasteiger partial charge is 0.0100 e. The average molecular weight is 283 g/mol. The highest BCUT2D eigenvalue weighted by Crippen LogP contribution is 2.28. The van der Waals surface area contributed by atoms with E-state index in [-0.39, 0.29) is 0 Å². The molecular formula is C15H23Br. The lowest BCUT2D eigenvalue weighted by molar-refractivity contribution is 0.425. The quantitative estimate of drug-likeness (QED) is 0.621. The Morgan fingerprint density at radius 2 is 1.62 bits per heavy atom. The van der Waals surface area contributed by atoms with Gasteiger partial charge in [-0.3, -0.25) is 0 Å². The Morgan fingerprint density at radius 3 is 2.06 bits per heavy atom. The molecule has 0 bridgehead atoms. The van der Waals surface area contributed by atoms with E-state index in [4.69, 9.17) is 0 Å². The molecule has 0 radical (unpaired) electrons. The third kappa shape index (κ3) is 3.93. The molecule has 0 aliphatic carbocycles. The van der Waals surface area contributed by atoms with Gasteiger partial charge < -0.3 is 0 Å². The number of halogens is 1. The second kappa shape index (κ2) is 7.11. The second-order valence-electron chi connectivity index (χ2n) is 4.68. The summed E-state index contributed by atoms with van der Waals surface area (Å²) in [5.41, 5.74) is 2.83. The van der Waals surface area contributed by atoms with Crippen LogP contribution in [0.25, 0.3) is 0 Å². The van der Waals surface area contributed by atoms with Crippen LogP contribution in [0.3, 0.4) is 0 Å². The van der Waals surface area contributed by atoms with Gasteiger partial charge in [-0.2, -0.15) is 0 Å². The third-order valence-electron chi connectivity index (χ3n) is 3.51. The van der Waals surface area contributed by atoms with Crippen LogP contribution in [0, 0.1) is 12.8 Å². The molecule has 16 heavy (non-hydrogen) atoms. The molecule has 0 amide bonds. The Hall–Kier alpha value is -0.300. The van der Waals surface area contributed by atoms with E-state index in [9.17, 15) is 0 Å². The first-order valence-electron chi connectivity index (χ1n) is 6.33. The van der Waals surface area contributed by atoms with Gasteiger partial charge in [0.15, 0.2) is 0 Å². The molecule has 1 aromatic rings. The summed E-state index contributed by atoms with van der Waals surface area (Å²) >= 11 is 3.66. The van der Waals surface area contributed by atoms with Crippen LogP contribution in [-0.2, 0) is 0 Å². The molecule has 0 nitrogen and oxygen atoms in total. The number of hydrogen-bond acceptors (Lipinski definition) is 0. The van der Waals surface area contributed by atoms with Crippen LogP contribution in [0.4, 0.5) is 0 Å². The van der Waals surface area contributed by atoms with Crippen molar-refractivity contribution in [2.24, 2.45) is 5.92 Å². The van der Waals surface area contributed by atoms with E-state index in [0.717, 1.165) is 11.2 Å². The molecule has 1 heteroatoms. The topological polar surface area (TPSA) is 0 Å². The number of alkyl halides is 1. The monoisotopic (exact) mass is 282 g/mol. The van der Waals surface area contributed by atoms with Gasteiger partial charge in [0.1, 0.15) is 0 Å². The minimum absolute atomic E-state index is 0.672. The van der Waals surface area contributed by atoms with Gasteiger partial charge in [-0.25, -0.2) is 0 Å². The molecule has 0 N–H and O–H groups in total. The van der Waals surface area contributed by atoms with Gasteiger partial charge in [0, 0.05) is 5.33 Å². The largest absolute Gasteiger partial charge is 0.0921 e. The predicted molar refractivity (Wildman–Crippen MR) is 76.4 cm³/mol. The summed E-state index contributed by atoms with van der Waals surface area (Å²) in [4.78, 5) is 0. The van der Waals surface area contributed by atoms with Crippen LogP contribution in [-0.4, -0.2) is 5.33 Å². The molecule has 0 saturated carbocycles. The lowest BCUT2D eigenvalue weighted by Crippen LogP contribution is -2.08. The highest BCUT2D eigenvalue weighted by Gasteiger charge is 2.14. The van der Waals surface area contributed by atoms with Gasteiger partial charge in [0.2, 0.25) is 0 Å². The number of hydrogen-bond donors (Lipinski definition) is 0. The fourth-order valence-corrected chi connectivity index (χ4v) is 2.79. The van der Waals surface area contributed by atoms with Crippen LogP contribution < -0.4 is 0 Å². The van der Waals surface area contributed by atoms with Crippen molar-refractivity contribution in [2.45, 2.75) is 46.0 Å². The first-order chi connectivity index (χ1) is 7.71. The third-order valence-corrected chi connectivity index (χ3v) is 4.29. The first-order valence-corrected chi connectivity index (χ1v) is 7.45. The van der Waals surface area contributed by atoms with E-state index in [1.165, 1.54) is 30.4 Å². The van der Waals surface area contributed by atoms with Crippen LogP contribution in [0.1, 0.15) is 50.2 Å². The van der Waals surface area contributed by atoms with Crippen LogP contribution in [0.2, 0.25) is 0 Å². The summed E-state index contributed by atoms with van der Waals surface area (Å²) in [6, 6.07) is 9.00. The van der Waals surface area contributed by atoms with Crippen molar-refractivity contribution >= 4 is 15.9 Å². The van der Waals surface area contributed by atoms with Crippen LogP contribution in [0.15, 0.2) is 24.3 Å². The predicted octanol–water partition coefficient (Wildman–Crippen LogP) is 5.30. The van der Waals surface area contributed by atoms with Crippen molar-refractivity contribution in [3.63, 3.8) is 0 Å². The summed E-state index contributed by atoms with van der Waals surface area (Å²) < 4.78 is 0. The minimum atomic E-state index is 0.672. The molecule has 0 heterocycles. The first kappa shape index (κ1) is 13.8. The molecule has 0 aliphatic rings. The van der Waals surface area contributed by atoms with Crippen LogP contribution >= 0.6 is 15.9 Å². The molecule has 1 atom stereocenters. The zero-order valence-electron chi connectivity index (χ0n) is 10.7. The number of benzene rings is 1. The second-order valence-corrected chi connectivity index (χ2v) is 5.33. The van der Waals surface area contributed by atoms with Gasteiger partial charge in [-0.05, 0) is 30.7 Å². The summed E-state index contributed by atoms with van der Waals surface area (Å²) in [5, 5.41) is 1.08. The van der Waals surface area contributed by atoms with Crippen LogP contribution in [0.5, 0.6) is 0 Å². The van der Waals surface area contributed by atoms with Gasteiger partial charge in [-0.1, -0.05) is 72.4 Å². The maximum absolute atomic E-state index is 3.66. The highest BCUT2D eigenvalue weighted by molar-refractivity contribution is 9.09. The zero-order valence-corrected chi connectivity index (χ0v) is 12.3. The van der Waals surface area contributed by atoms with E-state index in [0.29, 0.717) is 5.92 Å². The van der Waals surface area contributed by atoms with Crippen molar-refractivity contribution in [3.05, 3.63) is 35.4 Å². The molecular weight excluding hydrogens is 260 g/mol.